The van der Waals surface area contributed by atoms with Crippen LogP contribution in [0.25, 0.3) is 5.69 Å². The Morgan fingerprint density at radius 1 is 1.18 bits per heavy atom. The number of halogens is 4. The lowest BCUT2D eigenvalue weighted by Gasteiger charge is -2.18. The minimum Gasteiger partial charge on any atom is -0.485 e. The van der Waals surface area contributed by atoms with E-state index in [2.05, 4.69) is 25.9 Å². The van der Waals surface area contributed by atoms with Crippen molar-refractivity contribution >= 4 is 27.5 Å². The summed E-state index contributed by atoms with van der Waals surface area (Å²) >= 11 is 9.61. The first-order valence-electron chi connectivity index (χ1n) is 8.17. The molecule has 9 heteroatoms. The fraction of sp³-hybridized carbons (Fsp3) is 0.211. The van der Waals surface area contributed by atoms with Gasteiger partial charge in [-0.05, 0) is 42.3 Å². The van der Waals surface area contributed by atoms with Crippen molar-refractivity contribution in [1.82, 2.24) is 14.5 Å². The third kappa shape index (κ3) is 3.79. The first-order chi connectivity index (χ1) is 13.2. The summed E-state index contributed by atoms with van der Waals surface area (Å²) < 4.78 is 34.3. The first kappa shape index (κ1) is 20.4. The van der Waals surface area contributed by atoms with E-state index >= 15 is 0 Å². The highest BCUT2D eigenvalue weighted by molar-refractivity contribution is 9.10. The number of nitrogens with zero attached hydrogens (tertiary/aromatic N) is 3. The first-order valence-corrected chi connectivity index (χ1v) is 9.34. The number of hydrogen-bond acceptors (Lipinski definition) is 4. The van der Waals surface area contributed by atoms with Crippen molar-refractivity contribution in [2.24, 2.45) is 0 Å². The smallest absolute Gasteiger partial charge is 0.277 e. The minimum atomic E-state index is -0.839. The van der Waals surface area contributed by atoms with Crippen LogP contribution in [0.15, 0.2) is 33.9 Å². The van der Waals surface area contributed by atoms with Crippen LogP contribution in [-0.4, -0.2) is 14.5 Å². The maximum absolute atomic E-state index is 13.7. The van der Waals surface area contributed by atoms with E-state index in [0.717, 1.165) is 17.3 Å². The highest BCUT2D eigenvalue weighted by Crippen LogP contribution is 2.28. The van der Waals surface area contributed by atoms with Gasteiger partial charge in [-0.3, -0.25) is 14.3 Å². The molecule has 3 rings (SSSR count). The van der Waals surface area contributed by atoms with E-state index in [4.69, 9.17) is 16.3 Å². The van der Waals surface area contributed by atoms with Gasteiger partial charge in [0.05, 0.1) is 11.9 Å². The van der Waals surface area contributed by atoms with Crippen LogP contribution < -0.4 is 10.3 Å². The average Bonchev–Trinajstić information content (AvgIpc) is 2.64. The molecule has 0 spiro atoms. The van der Waals surface area contributed by atoms with Crippen LogP contribution in [0.4, 0.5) is 8.78 Å². The second-order valence-electron chi connectivity index (χ2n) is 6.18. The topological polar surface area (TPSA) is 57.0 Å². The standard InChI is InChI=1S/C19H15BrClF2N3O2/c1-9-6-25-18(20)11(3)17(9)26-10(2)4-15(16(21)19(26)27)28-8-14-13(23)5-12(22)7-24-14/h4-7H,8H2,1-3H3. The van der Waals surface area contributed by atoms with Crippen molar-refractivity contribution in [1.29, 1.82) is 0 Å². The Bertz CT molecular complexity index is 1140. The molecule has 28 heavy (non-hydrogen) atoms. The Morgan fingerprint density at radius 2 is 1.89 bits per heavy atom. The van der Waals surface area contributed by atoms with Gasteiger partial charge < -0.3 is 4.74 Å². The molecular formula is C19H15BrClF2N3O2. The Hall–Kier alpha value is -2.32. The van der Waals surface area contributed by atoms with Gasteiger partial charge in [0, 0.05) is 29.6 Å². The Kier molecular flexibility index (Phi) is 5.81. The van der Waals surface area contributed by atoms with Gasteiger partial charge in [0.2, 0.25) is 0 Å². The molecule has 0 N–H and O–H groups in total. The Morgan fingerprint density at radius 3 is 2.57 bits per heavy atom. The third-order valence-corrected chi connectivity index (χ3v) is 5.33. The van der Waals surface area contributed by atoms with Crippen LogP contribution in [-0.2, 0) is 6.61 Å². The summed E-state index contributed by atoms with van der Waals surface area (Å²) in [5, 5.41) is -0.153. The predicted octanol–water partition coefficient (Wildman–Crippen LogP) is 4.83. The van der Waals surface area contributed by atoms with Gasteiger partial charge in [0.25, 0.3) is 5.56 Å². The zero-order valence-corrected chi connectivity index (χ0v) is 17.5. The molecule has 5 nitrogen and oxygen atoms in total. The summed E-state index contributed by atoms with van der Waals surface area (Å²) in [6.45, 7) is 5.11. The summed E-state index contributed by atoms with van der Waals surface area (Å²) in [5.74, 6) is -1.53. The number of rotatable bonds is 4. The predicted molar refractivity (Wildman–Crippen MR) is 105 cm³/mol. The second kappa shape index (κ2) is 7.97. The van der Waals surface area contributed by atoms with Crippen molar-refractivity contribution in [2.45, 2.75) is 27.4 Å². The molecule has 0 atom stereocenters. The van der Waals surface area contributed by atoms with Crippen LogP contribution >= 0.6 is 27.5 Å². The Labute approximate surface area is 173 Å². The quantitative estimate of drug-likeness (QED) is 0.513. The molecule has 0 aliphatic rings. The van der Waals surface area contributed by atoms with Crippen molar-refractivity contribution in [3.05, 3.63) is 78.7 Å². The molecule has 0 fully saturated rings. The van der Waals surface area contributed by atoms with Crippen molar-refractivity contribution in [3.8, 4) is 11.4 Å². The van der Waals surface area contributed by atoms with Gasteiger partial charge >= 0.3 is 0 Å². The van der Waals surface area contributed by atoms with Crippen LogP contribution in [0.2, 0.25) is 5.02 Å². The lowest BCUT2D eigenvalue weighted by Crippen LogP contribution is -2.23. The van der Waals surface area contributed by atoms with Crippen LogP contribution in [0.3, 0.4) is 0 Å². The van der Waals surface area contributed by atoms with Crippen LogP contribution in [0, 0.1) is 32.4 Å². The zero-order valence-electron chi connectivity index (χ0n) is 15.2. The van der Waals surface area contributed by atoms with Crippen LogP contribution in [0.1, 0.15) is 22.5 Å². The summed E-state index contributed by atoms with van der Waals surface area (Å²) in [7, 11) is 0. The zero-order chi connectivity index (χ0) is 20.6. The summed E-state index contributed by atoms with van der Waals surface area (Å²) in [5.41, 5.74) is 2.25. The largest absolute Gasteiger partial charge is 0.485 e. The molecule has 0 aliphatic heterocycles. The molecular weight excluding hydrogens is 456 g/mol. The molecule has 0 amide bonds. The van der Waals surface area contributed by atoms with E-state index in [-0.39, 0.29) is 23.1 Å². The molecule has 3 heterocycles. The second-order valence-corrected chi connectivity index (χ2v) is 7.31. The summed E-state index contributed by atoms with van der Waals surface area (Å²) in [6.07, 6.45) is 2.54. The number of aryl methyl sites for hydroxylation is 2. The highest BCUT2D eigenvalue weighted by Gasteiger charge is 2.18. The van der Waals surface area contributed by atoms with Gasteiger partial charge in [0.15, 0.2) is 5.82 Å². The number of pyridine rings is 3. The molecule has 146 valence electrons. The number of aromatic nitrogens is 3. The van der Waals surface area contributed by atoms with Crippen molar-refractivity contribution in [2.75, 3.05) is 0 Å². The summed E-state index contributed by atoms with van der Waals surface area (Å²) in [4.78, 5) is 20.8. The normalized spacial score (nSPS) is 11.0. The maximum Gasteiger partial charge on any atom is 0.277 e. The molecule has 0 aliphatic carbocycles. The SMILES string of the molecule is Cc1cnc(Br)c(C)c1-n1c(C)cc(OCc2ncc(F)cc2F)c(Cl)c1=O. The monoisotopic (exact) mass is 469 g/mol. The molecule has 3 aromatic rings. The molecule has 0 aromatic carbocycles. The van der Waals surface area contributed by atoms with E-state index in [9.17, 15) is 13.6 Å². The van der Waals surface area contributed by atoms with E-state index < -0.39 is 17.2 Å². The van der Waals surface area contributed by atoms with Gasteiger partial charge in [-0.25, -0.2) is 13.8 Å². The van der Waals surface area contributed by atoms with Gasteiger partial charge in [-0.1, -0.05) is 11.6 Å². The molecule has 0 saturated carbocycles. The summed E-state index contributed by atoms with van der Waals surface area (Å²) in [6, 6.07) is 2.29. The molecule has 0 saturated heterocycles. The lowest BCUT2D eigenvalue weighted by molar-refractivity contribution is 0.292. The van der Waals surface area contributed by atoms with E-state index in [1.165, 1.54) is 4.57 Å². The fourth-order valence-electron chi connectivity index (χ4n) is 2.81. The van der Waals surface area contributed by atoms with Gasteiger partial charge in [0.1, 0.15) is 33.5 Å². The minimum absolute atomic E-state index is 0.0920. The van der Waals surface area contributed by atoms with Gasteiger partial charge in [-0.15, -0.1) is 0 Å². The Balaban J connectivity index is 2.02. The third-order valence-electron chi connectivity index (χ3n) is 4.18. The fourth-order valence-corrected chi connectivity index (χ4v) is 3.29. The van der Waals surface area contributed by atoms with E-state index in [0.29, 0.717) is 22.1 Å². The van der Waals surface area contributed by atoms with Crippen LogP contribution in [0.5, 0.6) is 5.75 Å². The number of hydrogen-bond donors (Lipinski definition) is 0. The molecule has 3 aromatic heterocycles. The molecule has 0 bridgehead atoms. The number of ether oxygens (including phenoxy) is 1. The lowest BCUT2D eigenvalue weighted by atomic mass is 10.1. The molecule has 0 unspecified atom stereocenters. The molecule has 0 radical (unpaired) electrons. The maximum atomic E-state index is 13.7. The van der Waals surface area contributed by atoms with E-state index in [1.54, 1.807) is 19.2 Å². The highest BCUT2D eigenvalue weighted by atomic mass is 79.9. The van der Waals surface area contributed by atoms with Gasteiger partial charge in [-0.2, -0.15) is 0 Å². The average molecular weight is 471 g/mol. The van der Waals surface area contributed by atoms with Crippen molar-refractivity contribution in [3.63, 3.8) is 0 Å². The van der Waals surface area contributed by atoms with Crippen molar-refractivity contribution < 1.29 is 13.5 Å². The van der Waals surface area contributed by atoms with E-state index in [1.807, 2.05) is 13.8 Å².